The summed E-state index contributed by atoms with van der Waals surface area (Å²) in [4.78, 5) is 20.3. The van der Waals surface area contributed by atoms with Crippen molar-refractivity contribution < 1.29 is 42.3 Å². The van der Waals surface area contributed by atoms with Crippen LogP contribution in [0.5, 0.6) is 0 Å². The van der Waals surface area contributed by atoms with Crippen LogP contribution in [0.2, 0.25) is 0 Å². The zero-order valence-electron chi connectivity index (χ0n) is 5.68. The van der Waals surface area contributed by atoms with Crippen LogP contribution in [0, 0.1) is 6.42 Å². The van der Waals surface area contributed by atoms with Crippen LogP contribution in [-0.4, -0.2) is 11.6 Å². The third kappa shape index (κ3) is 11.7. The largest absolute Gasteiger partial charge is 3.00 e. The van der Waals surface area contributed by atoms with Crippen molar-refractivity contribution >= 4 is 11.6 Å². The molecule has 0 aromatic heterocycles. The Kier molecular flexibility index (Phi) is 8.60. The summed E-state index contributed by atoms with van der Waals surface area (Å²) in [5, 5.41) is 0. The van der Waals surface area contributed by atoms with E-state index in [1.54, 1.807) is 0 Å². The summed E-state index contributed by atoms with van der Waals surface area (Å²) in [6, 6.07) is 0. The summed E-state index contributed by atoms with van der Waals surface area (Å²) in [5.41, 5.74) is 0. The Morgan fingerprint density at radius 1 is 1.33 bits per heavy atom. The average Bonchev–Trinajstić information content (AvgIpc) is 1.61. The molecule has 0 aromatic rings. The second kappa shape index (κ2) is 6.43. The first kappa shape index (κ1) is 12.0. The minimum atomic E-state index is -0.0415. The van der Waals surface area contributed by atoms with Gasteiger partial charge in [-0.2, -0.15) is 0 Å². The molecule has 0 fully saturated rings. The molecule has 0 atom stereocenters. The van der Waals surface area contributed by atoms with Gasteiger partial charge in [-0.25, -0.2) is 0 Å². The van der Waals surface area contributed by atoms with Gasteiger partial charge in [-0.1, -0.05) is 0 Å². The zero-order chi connectivity index (χ0) is 6.57. The number of rotatable bonds is 3. The van der Waals surface area contributed by atoms with Crippen LogP contribution >= 0.6 is 0 Å². The van der Waals surface area contributed by atoms with Gasteiger partial charge in [0.05, 0.1) is 0 Å². The molecule has 0 N–H and O–H groups in total. The minimum absolute atomic E-state index is 0. The Bertz CT molecular complexity index is 95.6. The molecule has 0 saturated heterocycles. The smallest absolute Gasteiger partial charge is 0.335 e. The van der Waals surface area contributed by atoms with Crippen molar-refractivity contribution in [1.29, 1.82) is 0 Å². The van der Waals surface area contributed by atoms with E-state index in [1.807, 2.05) is 0 Å². The van der Waals surface area contributed by atoms with Crippen LogP contribution in [0.4, 0.5) is 0 Å². The van der Waals surface area contributed by atoms with E-state index in [4.69, 9.17) is 0 Å². The van der Waals surface area contributed by atoms with Gasteiger partial charge in [0.15, 0.2) is 0 Å². The van der Waals surface area contributed by atoms with E-state index in [2.05, 4.69) is 0 Å². The van der Waals surface area contributed by atoms with Gasteiger partial charge in [-0.3, -0.25) is 0 Å². The number of carbonyl (C=O) groups is 2. The number of Topliss-reactive ketones (excluding diaryl/α,β-unsaturated/α-hetero) is 2. The SMILES string of the molecule is CC(=O)[CH-]CC(C)=O.[Y+3]. The molecular weight excluding hydrogens is 193 g/mol. The molecule has 3 heteroatoms. The molecule has 0 aromatic carbocycles. The van der Waals surface area contributed by atoms with Gasteiger partial charge in [0.1, 0.15) is 5.78 Å². The normalized spacial score (nSPS) is 7.33. The molecule has 0 heterocycles. The van der Waals surface area contributed by atoms with Crippen molar-refractivity contribution in [2.75, 3.05) is 0 Å². The van der Waals surface area contributed by atoms with E-state index < -0.39 is 0 Å². The van der Waals surface area contributed by atoms with E-state index in [0.717, 1.165) is 0 Å². The fourth-order valence-corrected chi connectivity index (χ4v) is 0.287. The van der Waals surface area contributed by atoms with Gasteiger partial charge in [0.25, 0.3) is 0 Å². The molecule has 0 unspecified atom stereocenters. The Morgan fingerprint density at radius 2 is 1.78 bits per heavy atom. The fraction of sp³-hybridized carbons (Fsp3) is 0.500. The third-order valence-electron chi connectivity index (χ3n) is 0.677. The Labute approximate surface area is 80.3 Å². The topological polar surface area (TPSA) is 34.1 Å². The molecule has 0 bridgehead atoms. The summed E-state index contributed by atoms with van der Waals surface area (Å²) in [7, 11) is 0. The molecule has 0 aliphatic heterocycles. The molecule has 2 nitrogen and oxygen atoms in total. The van der Waals surface area contributed by atoms with Crippen molar-refractivity contribution in [3.63, 3.8) is 0 Å². The maximum absolute atomic E-state index is 10.2. The van der Waals surface area contributed by atoms with Crippen LogP contribution in [-0.2, 0) is 42.3 Å². The minimum Gasteiger partial charge on any atom is -0.335 e. The van der Waals surface area contributed by atoms with E-state index in [0.29, 0.717) is 0 Å². The third-order valence-corrected chi connectivity index (χ3v) is 0.677. The molecule has 46 valence electrons. The van der Waals surface area contributed by atoms with Gasteiger partial charge in [-0.05, 0) is 19.6 Å². The number of carbonyl (C=O) groups excluding carboxylic acids is 2. The van der Waals surface area contributed by atoms with Crippen LogP contribution in [0.3, 0.4) is 0 Å². The van der Waals surface area contributed by atoms with Gasteiger partial charge >= 0.3 is 32.7 Å². The van der Waals surface area contributed by atoms with Gasteiger partial charge in [0.2, 0.25) is 0 Å². The van der Waals surface area contributed by atoms with Gasteiger partial charge in [0, 0.05) is 0 Å². The monoisotopic (exact) mass is 202 g/mol. The molecule has 0 amide bonds. The van der Waals surface area contributed by atoms with E-state index in [1.165, 1.54) is 20.3 Å². The first-order chi connectivity index (χ1) is 3.63. The van der Waals surface area contributed by atoms with E-state index in [-0.39, 0.29) is 50.7 Å². The van der Waals surface area contributed by atoms with Crippen molar-refractivity contribution in [3.05, 3.63) is 6.42 Å². The average molecular weight is 202 g/mol. The van der Waals surface area contributed by atoms with Crippen molar-refractivity contribution in [1.82, 2.24) is 0 Å². The summed E-state index contributed by atoms with van der Waals surface area (Å²) in [6.45, 7) is 2.89. The molecule has 0 aliphatic carbocycles. The maximum Gasteiger partial charge on any atom is 3.00 e. The van der Waals surface area contributed by atoms with Crippen LogP contribution in [0.1, 0.15) is 20.3 Å². The van der Waals surface area contributed by atoms with Crippen LogP contribution < -0.4 is 0 Å². The first-order valence-corrected chi connectivity index (χ1v) is 2.46. The molecule has 0 saturated carbocycles. The van der Waals surface area contributed by atoms with Crippen molar-refractivity contribution in [3.8, 4) is 0 Å². The summed E-state index contributed by atoms with van der Waals surface area (Å²) in [6.07, 6.45) is 1.65. The molecule has 0 spiro atoms. The first-order valence-electron chi connectivity index (χ1n) is 2.46. The fourth-order valence-electron chi connectivity index (χ4n) is 0.287. The van der Waals surface area contributed by atoms with Gasteiger partial charge in [-0.15, -0.1) is 6.42 Å². The molecule has 0 aliphatic rings. The van der Waals surface area contributed by atoms with E-state index in [9.17, 15) is 9.59 Å². The Balaban J connectivity index is 0. The van der Waals surface area contributed by atoms with E-state index >= 15 is 0 Å². The Hall–Kier alpha value is 0.314. The van der Waals surface area contributed by atoms with Crippen LogP contribution in [0.15, 0.2) is 0 Å². The Morgan fingerprint density at radius 3 is 1.89 bits per heavy atom. The maximum atomic E-state index is 10.2. The molecule has 0 radical (unpaired) electrons. The second-order valence-electron chi connectivity index (χ2n) is 1.72. The van der Waals surface area contributed by atoms with Crippen molar-refractivity contribution in [2.45, 2.75) is 20.3 Å². The molecule has 9 heavy (non-hydrogen) atoms. The number of hydrogen-bond acceptors (Lipinski definition) is 2. The van der Waals surface area contributed by atoms with Gasteiger partial charge < -0.3 is 16.0 Å². The summed E-state index contributed by atoms with van der Waals surface area (Å²) >= 11 is 0. The molecule has 0 rings (SSSR count). The predicted molar refractivity (Wildman–Crippen MR) is 30.3 cm³/mol. The standard InChI is InChI=1S/C6H9O2.Y/c1-5(7)3-4-6(2)8;/h3H,4H2,1-2H3;/q-1;+3. The number of hydrogen-bond donors (Lipinski definition) is 0. The molecular formula is C6H9O2Y+2. The second-order valence-corrected chi connectivity index (χ2v) is 1.72. The summed E-state index contributed by atoms with van der Waals surface area (Å²) < 4.78 is 0. The zero-order valence-corrected chi connectivity index (χ0v) is 8.52. The van der Waals surface area contributed by atoms with Crippen molar-refractivity contribution in [2.24, 2.45) is 0 Å². The number of ketones is 2. The predicted octanol–water partition coefficient (Wildman–Crippen LogP) is 0.756. The quantitative estimate of drug-likeness (QED) is 0.633. The summed E-state index contributed by atoms with van der Waals surface area (Å²) in [5.74, 6) is -0.0135. The van der Waals surface area contributed by atoms with Crippen LogP contribution in [0.25, 0.3) is 0 Å².